The van der Waals surface area contributed by atoms with Crippen molar-refractivity contribution >= 4 is 5.91 Å². The lowest BCUT2D eigenvalue weighted by Crippen LogP contribution is -2.41. The van der Waals surface area contributed by atoms with Gasteiger partial charge < -0.3 is 10.2 Å². The zero-order valence-corrected chi connectivity index (χ0v) is 8.42. The molecule has 1 aliphatic rings. The number of amides is 1. The number of hydrogen-bond donors (Lipinski definition) is 1. The van der Waals surface area contributed by atoms with Crippen molar-refractivity contribution < 1.29 is 4.79 Å². The maximum atomic E-state index is 11.5. The maximum Gasteiger partial charge on any atom is 0.239 e. The first-order valence-corrected chi connectivity index (χ1v) is 4.77. The summed E-state index contributed by atoms with van der Waals surface area (Å²) >= 11 is 0. The van der Waals surface area contributed by atoms with Gasteiger partial charge in [-0.3, -0.25) is 4.79 Å². The van der Waals surface area contributed by atoms with Crippen LogP contribution < -0.4 is 5.32 Å². The van der Waals surface area contributed by atoms with Crippen LogP contribution >= 0.6 is 0 Å². The molecule has 2 atom stereocenters. The smallest absolute Gasteiger partial charge is 0.239 e. The second-order valence-corrected chi connectivity index (χ2v) is 3.69. The molecule has 0 saturated carbocycles. The van der Waals surface area contributed by atoms with Crippen LogP contribution in [0, 0.1) is 0 Å². The Morgan fingerprint density at radius 3 is 3.00 bits per heavy atom. The van der Waals surface area contributed by atoms with E-state index in [1.54, 1.807) is 4.90 Å². The number of nitrogens with zero attached hydrogens (tertiary/aromatic N) is 1. The second kappa shape index (κ2) is 4.42. The molecule has 1 N–H and O–H groups in total. The summed E-state index contributed by atoms with van der Waals surface area (Å²) in [6.07, 6.45) is 3.71. The Morgan fingerprint density at radius 2 is 2.54 bits per heavy atom. The number of hydrogen-bond acceptors (Lipinski definition) is 2. The Morgan fingerprint density at radius 1 is 1.85 bits per heavy atom. The molecule has 0 aromatic heterocycles. The average Bonchev–Trinajstić information content (AvgIpc) is 2.37. The summed E-state index contributed by atoms with van der Waals surface area (Å²) in [5.74, 6) is 0.218. The highest BCUT2D eigenvalue weighted by molar-refractivity contribution is 5.83. The summed E-state index contributed by atoms with van der Waals surface area (Å²) in [5.41, 5.74) is 0. The van der Waals surface area contributed by atoms with Crippen molar-refractivity contribution in [1.29, 1.82) is 0 Å². The number of carbonyl (C=O) groups is 1. The lowest BCUT2D eigenvalue weighted by Gasteiger charge is -2.16. The molecule has 0 radical (unpaired) electrons. The minimum Gasteiger partial charge on any atom is -0.344 e. The van der Waals surface area contributed by atoms with Crippen LogP contribution in [-0.4, -0.2) is 36.5 Å². The molecule has 74 valence electrons. The highest BCUT2D eigenvalue weighted by atomic mass is 16.2. The third kappa shape index (κ3) is 2.56. The first-order chi connectivity index (χ1) is 6.15. The van der Waals surface area contributed by atoms with Crippen molar-refractivity contribution in [2.24, 2.45) is 0 Å². The van der Waals surface area contributed by atoms with Gasteiger partial charge >= 0.3 is 0 Å². The molecule has 2 unspecified atom stereocenters. The fourth-order valence-corrected chi connectivity index (χ4v) is 1.64. The third-order valence-electron chi connectivity index (χ3n) is 2.43. The van der Waals surface area contributed by atoms with Crippen LogP contribution in [0.1, 0.15) is 19.8 Å². The molecule has 3 nitrogen and oxygen atoms in total. The van der Waals surface area contributed by atoms with Gasteiger partial charge in [0.15, 0.2) is 0 Å². The molecule has 0 bridgehead atoms. The van der Waals surface area contributed by atoms with Crippen molar-refractivity contribution in [3.05, 3.63) is 12.7 Å². The number of rotatable bonds is 4. The average molecular weight is 182 g/mol. The van der Waals surface area contributed by atoms with E-state index in [1.165, 1.54) is 0 Å². The summed E-state index contributed by atoms with van der Waals surface area (Å²) in [6.45, 7) is 6.62. The minimum absolute atomic E-state index is 0.0277. The van der Waals surface area contributed by atoms with Gasteiger partial charge in [0.05, 0.1) is 6.04 Å². The fraction of sp³-hybridized carbons (Fsp3) is 0.700. The van der Waals surface area contributed by atoms with E-state index in [0.717, 1.165) is 19.4 Å². The van der Waals surface area contributed by atoms with Crippen LogP contribution in [-0.2, 0) is 4.79 Å². The van der Waals surface area contributed by atoms with Gasteiger partial charge in [-0.05, 0) is 19.8 Å². The minimum atomic E-state index is 0.0277. The van der Waals surface area contributed by atoms with Crippen LogP contribution in [0.5, 0.6) is 0 Å². The predicted octanol–water partition coefficient (Wildman–Crippen LogP) is 0.771. The quantitative estimate of drug-likeness (QED) is 0.651. The molecule has 1 amide bonds. The molecular formula is C10H18N2O. The van der Waals surface area contributed by atoms with E-state index in [2.05, 4.69) is 18.8 Å². The first-order valence-electron chi connectivity index (χ1n) is 4.77. The summed E-state index contributed by atoms with van der Waals surface area (Å²) in [4.78, 5) is 13.3. The highest BCUT2D eigenvalue weighted by Gasteiger charge is 2.29. The zero-order valence-electron chi connectivity index (χ0n) is 8.42. The molecule has 1 rings (SSSR count). The Bertz CT molecular complexity index is 203. The Balaban J connectivity index is 2.37. The Hall–Kier alpha value is -0.830. The van der Waals surface area contributed by atoms with Gasteiger partial charge in [-0.25, -0.2) is 0 Å². The van der Waals surface area contributed by atoms with Crippen molar-refractivity contribution in [1.82, 2.24) is 10.2 Å². The van der Waals surface area contributed by atoms with Gasteiger partial charge in [-0.15, -0.1) is 6.58 Å². The Kier molecular flexibility index (Phi) is 3.48. The van der Waals surface area contributed by atoms with E-state index in [9.17, 15) is 4.79 Å². The van der Waals surface area contributed by atoms with Crippen molar-refractivity contribution in [3.8, 4) is 0 Å². The van der Waals surface area contributed by atoms with E-state index in [0.29, 0.717) is 6.04 Å². The molecule has 1 fully saturated rings. The lowest BCUT2D eigenvalue weighted by molar-refractivity contribution is -0.128. The SMILES string of the molecule is C=CCC(C)NC1CCN(C)C1=O. The number of likely N-dealkylation sites (tertiary alicyclic amines) is 1. The van der Waals surface area contributed by atoms with E-state index in [-0.39, 0.29) is 11.9 Å². The topological polar surface area (TPSA) is 32.3 Å². The van der Waals surface area contributed by atoms with Crippen molar-refractivity contribution in [2.75, 3.05) is 13.6 Å². The molecule has 0 aromatic carbocycles. The first kappa shape index (κ1) is 10.3. The Labute approximate surface area is 79.8 Å². The van der Waals surface area contributed by atoms with Crippen molar-refractivity contribution in [3.63, 3.8) is 0 Å². The molecule has 1 aliphatic heterocycles. The maximum absolute atomic E-state index is 11.5. The number of likely N-dealkylation sites (N-methyl/N-ethyl adjacent to an activating group) is 1. The van der Waals surface area contributed by atoms with Crippen LogP contribution in [0.25, 0.3) is 0 Å². The second-order valence-electron chi connectivity index (χ2n) is 3.69. The number of nitrogens with one attached hydrogen (secondary N) is 1. The van der Waals surface area contributed by atoms with Crippen LogP contribution in [0.4, 0.5) is 0 Å². The summed E-state index contributed by atoms with van der Waals surface area (Å²) in [6, 6.07) is 0.373. The lowest BCUT2D eigenvalue weighted by atomic mass is 10.2. The molecule has 1 heterocycles. The van der Waals surface area contributed by atoms with Gasteiger partial charge in [0.1, 0.15) is 0 Å². The van der Waals surface area contributed by atoms with Crippen molar-refractivity contribution in [2.45, 2.75) is 31.8 Å². The van der Waals surface area contributed by atoms with Crippen LogP contribution in [0.15, 0.2) is 12.7 Å². The molecule has 3 heteroatoms. The molecule has 13 heavy (non-hydrogen) atoms. The predicted molar refractivity (Wildman–Crippen MR) is 53.5 cm³/mol. The van der Waals surface area contributed by atoms with Gasteiger partial charge in [0.2, 0.25) is 5.91 Å². The third-order valence-corrected chi connectivity index (χ3v) is 2.43. The van der Waals surface area contributed by atoms with Gasteiger partial charge in [0, 0.05) is 19.6 Å². The molecule has 0 spiro atoms. The highest BCUT2D eigenvalue weighted by Crippen LogP contribution is 2.09. The van der Waals surface area contributed by atoms with E-state index in [1.807, 2.05) is 13.1 Å². The van der Waals surface area contributed by atoms with Gasteiger partial charge in [-0.1, -0.05) is 6.08 Å². The molecule has 0 aliphatic carbocycles. The standard InChI is InChI=1S/C10H18N2O/c1-4-5-8(2)11-9-6-7-12(3)10(9)13/h4,8-9,11H,1,5-7H2,2-3H3. The number of carbonyl (C=O) groups excluding carboxylic acids is 1. The normalized spacial score (nSPS) is 24.9. The summed E-state index contributed by atoms with van der Waals surface area (Å²) in [7, 11) is 1.85. The fourth-order valence-electron chi connectivity index (χ4n) is 1.64. The van der Waals surface area contributed by atoms with E-state index >= 15 is 0 Å². The largest absolute Gasteiger partial charge is 0.344 e. The van der Waals surface area contributed by atoms with E-state index < -0.39 is 0 Å². The monoisotopic (exact) mass is 182 g/mol. The van der Waals surface area contributed by atoms with Crippen LogP contribution in [0.2, 0.25) is 0 Å². The van der Waals surface area contributed by atoms with Gasteiger partial charge in [0.25, 0.3) is 0 Å². The van der Waals surface area contributed by atoms with E-state index in [4.69, 9.17) is 0 Å². The van der Waals surface area contributed by atoms with Gasteiger partial charge in [-0.2, -0.15) is 0 Å². The molecular weight excluding hydrogens is 164 g/mol. The van der Waals surface area contributed by atoms with Crippen LogP contribution in [0.3, 0.4) is 0 Å². The molecule has 0 aromatic rings. The summed E-state index contributed by atoms with van der Waals surface area (Å²) < 4.78 is 0. The molecule has 1 saturated heterocycles. The summed E-state index contributed by atoms with van der Waals surface area (Å²) in [5, 5.41) is 3.30. The zero-order chi connectivity index (χ0) is 9.84.